The Morgan fingerprint density at radius 3 is 2.11 bits per heavy atom. The molecule has 28 heavy (non-hydrogen) atoms. The Morgan fingerprint density at radius 1 is 0.893 bits per heavy atom. The summed E-state index contributed by atoms with van der Waals surface area (Å²) >= 11 is 0. The summed E-state index contributed by atoms with van der Waals surface area (Å²) in [6.45, 7) is 4.26. The van der Waals surface area contributed by atoms with E-state index in [0.717, 1.165) is 32.1 Å². The summed E-state index contributed by atoms with van der Waals surface area (Å²) in [7, 11) is 0. The largest absolute Gasteiger partial charge is 0.369 e. The summed E-state index contributed by atoms with van der Waals surface area (Å²) in [6, 6.07) is 10.2. The normalized spacial score (nSPS) is 13.9. The molecule has 156 valence electrons. The van der Waals surface area contributed by atoms with E-state index in [1.807, 2.05) is 25.1 Å². The summed E-state index contributed by atoms with van der Waals surface area (Å²) in [5, 5.41) is 0. The number of amides is 1. The van der Waals surface area contributed by atoms with Gasteiger partial charge >= 0.3 is 0 Å². The molecule has 0 radical (unpaired) electrons. The van der Waals surface area contributed by atoms with Crippen LogP contribution in [-0.2, 0) is 11.2 Å². The number of benzene rings is 1. The van der Waals surface area contributed by atoms with Crippen LogP contribution in [0.2, 0.25) is 0 Å². The highest BCUT2D eigenvalue weighted by Gasteiger charge is 2.30. The number of nitrogens with two attached hydrogens (primary N) is 1. The van der Waals surface area contributed by atoms with Gasteiger partial charge in [-0.2, -0.15) is 0 Å². The van der Waals surface area contributed by atoms with Gasteiger partial charge in [-0.1, -0.05) is 101 Å². The van der Waals surface area contributed by atoms with Crippen molar-refractivity contribution in [3.63, 3.8) is 0 Å². The Bertz CT molecular complexity index is 575. The van der Waals surface area contributed by atoms with Crippen LogP contribution >= 0.6 is 0 Å². The number of primary amides is 1. The van der Waals surface area contributed by atoms with Crippen LogP contribution in [0.25, 0.3) is 0 Å². The molecule has 1 unspecified atom stereocenters. The summed E-state index contributed by atoms with van der Waals surface area (Å²) < 4.78 is 0. The number of rotatable bonds is 16. The van der Waals surface area contributed by atoms with E-state index in [2.05, 4.69) is 43.4 Å². The Kier molecular flexibility index (Phi) is 13.1. The van der Waals surface area contributed by atoms with E-state index in [-0.39, 0.29) is 5.91 Å². The fourth-order valence-electron chi connectivity index (χ4n) is 3.49. The number of hydrogen-bond acceptors (Lipinski definition) is 1. The molecule has 1 amide bonds. The first-order valence-electron chi connectivity index (χ1n) is 11.2. The van der Waals surface area contributed by atoms with Gasteiger partial charge in [0.25, 0.3) is 0 Å². The van der Waals surface area contributed by atoms with E-state index in [1.54, 1.807) is 0 Å². The molecule has 0 aliphatic carbocycles. The highest BCUT2D eigenvalue weighted by molar-refractivity contribution is 5.80. The van der Waals surface area contributed by atoms with Gasteiger partial charge in [-0.25, -0.2) is 0 Å². The van der Waals surface area contributed by atoms with E-state index in [4.69, 9.17) is 5.73 Å². The minimum Gasteiger partial charge on any atom is -0.369 e. The lowest BCUT2D eigenvalue weighted by molar-refractivity contribution is -0.127. The predicted octanol–water partition coefficient (Wildman–Crippen LogP) is 7.14. The smallest absolute Gasteiger partial charge is 0.223 e. The van der Waals surface area contributed by atoms with Crippen LogP contribution in [0, 0.1) is 5.41 Å². The van der Waals surface area contributed by atoms with Crippen molar-refractivity contribution in [1.29, 1.82) is 0 Å². The molecule has 1 aromatic rings. The monoisotopic (exact) mass is 383 g/mol. The molecule has 0 aliphatic heterocycles. The minimum atomic E-state index is -0.440. The third kappa shape index (κ3) is 11.1. The maximum absolute atomic E-state index is 12.0. The highest BCUT2D eigenvalue weighted by Crippen LogP contribution is 2.29. The third-order valence-electron chi connectivity index (χ3n) is 5.46. The first-order valence-corrected chi connectivity index (χ1v) is 11.2. The lowest BCUT2D eigenvalue weighted by Crippen LogP contribution is -2.36. The zero-order chi connectivity index (χ0) is 20.5. The van der Waals surface area contributed by atoms with Gasteiger partial charge < -0.3 is 5.73 Å². The Hall–Kier alpha value is -1.83. The molecule has 0 saturated heterocycles. The van der Waals surface area contributed by atoms with Gasteiger partial charge in [0.1, 0.15) is 0 Å². The summed E-state index contributed by atoms with van der Waals surface area (Å²) in [4.78, 5) is 12.0. The van der Waals surface area contributed by atoms with Gasteiger partial charge in [-0.3, -0.25) is 4.79 Å². The van der Waals surface area contributed by atoms with E-state index < -0.39 is 5.41 Å². The standard InChI is InChI=1S/C26H41NO/c1-3-4-5-6-7-8-9-10-11-12-13-14-15-19-22-26(2,25(27)28)23-24-20-17-16-18-21-24/h7-8,10-11,16-18,20-21H,3-6,9,12-15,19,22-23H2,1-2H3,(H2,27,28)/b8-7-,11-10-. The molecule has 1 aromatic carbocycles. The summed E-state index contributed by atoms with van der Waals surface area (Å²) in [5.41, 5.74) is 6.47. The number of carbonyl (C=O) groups excluding carboxylic acids is 1. The predicted molar refractivity (Wildman–Crippen MR) is 122 cm³/mol. The highest BCUT2D eigenvalue weighted by atomic mass is 16.1. The molecule has 2 heteroatoms. The molecule has 1 rings (SSSR count). The van der Waals surface area contributed by atoms with Crippen molar-refractivity contribution in [2.24, 2.45) is 11.1 Å². The number of carbonyl (C=O) groups is 1. The van der Waals surface area contributed by atoms with Crippen LogP contribution < -0.4 is 5.73 Å². The van der Waals surface area contributed by atoms with Gasteiger partial charge in [0.15, 0.2) is 0 Å². The van der Waals surface area contributed by atoms with Crippen LogP contribution in [0.15, 0.2) is 54.6 Å². The van der Waals surface area contributed by atoms with Gasteiger partial charge in [0.2, 0.25) is 5.91 Å². The van der Waals surface area contributed by atoms with Crippen LogP contribution in [0.5, 0.6) is 0 Å². The average Bonchev–Trinajstić information content (AvgIpc) is 2.69. The zero-order valence-corrected chi connectivity index (χ0v) is 18.2. The second kappa shape index (κ2) is 15.1. The van der Waals surface area contributed by atoms with Crippen LogP contribution in [-0.4, -0.2) is 5.91 Å². The Labute approximate surface area is 173 Å². The van der Waals surface area contributed by atoms with Crippen molar-refractivity contribution in [3.8, 4) is 0 Å². The topological polar surface area (TPSA) is 43.1 Å². The Morgan fingerprint density at radius 2 is 1.50 bits per heavy atom. The molecule has 1 atom stereocenters. The Balaban J connectivity index is 2.13. The zero-order valence-electron chi connectivity index (χ0n) is 18.2. The van der Waals surface area contributed by atoms with E-state index in [9.17, 15) is 4.79 Å². The quantitative estimate of drug-likeness (QED) is 0.239. The van der Waals surface area contributed by atoms with Crippen LogP contribution in [0.4, 0.5) is 0 Å². The summed E-state index contributed by atoms with van der Waals surface area (Å²) in [5.74, 6) is -0.179. The van der Waals surface area contributed by atoms with E-state index >= 15 is 0 Å². The molecule has 0 heterocycles. The second-order valence-corrected chi connectivity index (χ2v) is 8.21. The molecule has 0 fully saturated rings. The maximum Gasteiger partial charge on any atom is 0.223 e. The minimum absolute atomic E-state index is 0.179. The SMILES string of the molecule is CCCCC/C=C\C/C=C\CCCCCCC(C)(Cc1ccccc1)C(N)=O. The van der Waals surface area contributed by atoms with Gasteiger partial charge in [-0.05, 0) is 50.5 Å². The lowest BCUT2D eigenvalue weighted by Gasteiger charge is -2.26. The van der Waals surface area contributed by atoms with Crippen molar-refractivity contribution in [3.05, 3.63) is 60.2 Å². The van der Waals surface area contributed by atoms with Crippen molar-refractivity contribution in [2.75, 3.05) is 0 Å². The molecular weight excluding hydrogens is 342 g/mol. The van der Waals surface area contributed by atoms with Crippen molar-refractivity contribution >= 4 is 5.91 Å². The molecular formula is C26H41NO. The molecule has 0 spiro atoms. The van der Waals surface area contributed by atoms with Gasteiger partial charge in [0.05, 0.1) is 5.41 Å². The van der Waals surface area contributed by atoms with Crippen LogP contribution in [0.1, 0.15) is 90.0 Å². The molecule has 0 aromatic heterocycles. The fraction of sp³-hybridized carbons (Fsp3) is 0.577. The van der Waals surface area contributed by atoms with Crippen LogP contribution in [0.3, 0.4) is 0 Å². The van der Waals surface area contributed by atoms with Crippen molar-refractivity contribution in [1.82, 2.24) is 0 Å². The van der Waals surface area contributed by atoms with E-state index in [1.165, 1.54) is 50.5 Å². The number of hydrogen-bond donors (Lipinski definition) is 1. The molecule has 0 bridgehead atoms. The molecule has 2 N–H and O–H groups in total. The number of allylic oxidation sites excluding steroid dienone is 4. The lowest BCUT2D eigenvalue weighted by atomic mass is 9.78. The number of unbranched alkanes of at least 4 members (excludes halogenated alkanes) is 7. The van der Waals surface area contributed by atoms with Gasteiger partial charge in [-0.15, -0.1) is 0 Å². The van der Waals surface area contributed by atoms with E-state index in [0.29, 0.717) is 0 Å². The maximum atomic E-state index is 12.0. The van der Waals surface area contributed by atoms with Crippen molar-refractivity contribution in [2.45, 2.75) is 90.9 Å². The molecule has 0 aliphatic rings. The summed E-state index contributed by atoms with van der Waals surface area (Å²) in [6.07, 6.45) is 22.8. The fourth-order valence-corrected chi connectivity index (χ4v) is 3.49. The average molecular weight is 384 g/mol. The van der Waals surface area contributed by atoms with Gasteiger partial charge in [0, 0.05) is 0 Å². The second-order valence-electron chi connectivity index (χ2n) is 8.21. The first kappa shape index (κ1) is 24.2. The first-order chi connectivity index (χ1) is 13.6. The van der Waals surface area contributed by atoms with Crippen molar-refractivity contribution < 1.29 is 4.79 Å². The molecule has 0 saturated carbocycles. The molecule has 2 nitrogen and oxygen atoms in total. The third-order valence-corrected chi connectivity index (χ3v) is 5.46.